The van der Waals surface area contributed by atoms with E-state index in [0.29, 0.717) is 12.3 Å². The van der Waals surface area contributed by atoms with E-state index in [1.807, 2.05) is 49.4 Å². The fraction of sp³-hybridized carbons (Fsp3) is 0.294. The monoisotopic (exact) mass is 274 g/mol. The van der Waals surface area contributed by atoms with E-state index in [2.05, 4.69) is 13.0 Å². The first-order valence-corrected chi connectivity index (χ1v) is 7.03. The Morgan fingerprint density at radius 3 is 2.32 bits per heavy atom. The minimum Gasteiger partial charge on any atom is -0.380 e. The molecule has 1 atom stereocenters. The Kier molecular flexibility index (Phi) is 4.28. The second kappa shape index (κ2) is 5.77. The molecule has 19 heavy (non-hydrogen) atoms. The van der Waals surface area contributed by atoms with Crippen molar-refractivity contribution in [3.8, 4) is 0 Å². The van der Waals surface area contributed by atoms with Crippen LogP contribution >= 0.6 is 11.6 Å². The van der Waals surface area contributed by atoms with Gasteiger partial charge in [-0.3, -0.25) is 0 Å². The molecule has 0 heterocycles. The summed E-state index contributed by atoms with van der Waals surface area (Å²) in [4.78, 5) is 0. The number of hydrogen-bond donors (Lipinski definition) is 1. The molecule has 2 aromatic rings. The lowest BCUT2D eigenvalue weighted by molar-refractivity contribution is 0.0768. The Balaban J connectivity index is 2.56. The van der Waals surface area contributed by atoms with Gasteiger partial charge in [0.05, 0.1) is 0 Å². The van der Waals surface area contributed by atoms with Crippen molar-refractivity contribution in [2.24, 2.45) is 0 Å². The number of halogens is 1. The van der Waals surface area contributed by atoms with E-state index in [1.165, 1.54) is 5.56 Å². The Labute approximate surface area is 119 Å². The fourth-order valence-corrected chi connectivity index (χ4v) is 2.84. The third-order valence-electron chi connectivity index (χ3n) is 3.54. The van der Waals surface area contributed by atoms with Gasteiger partial charge in [0, 0.05) is 5.88 Å². The lowest BCUT2D eigenvalue weighted by Gasteiger charge is -2.30. The van der Waals surface area contributed by atoms with Gasteiger partial charge in [-0.05, 0) is 37.0 Å². The summed E-state index contributed by atoms with van der Waals surface area (Å²) in [5.41, 5.74) is 3.10. The molecular formula is C17H19ClO. The molecule has 0 saturated heterocycles. The van der Waals surface area contributed by atoms with E-state index in [-0.39, 0.29) is 0 Å². The maximum absolute atomic E-state index is 11.1. The van der Waals surface area contributed by atoms with Crippen molar-refractivity contribution >= 4 is 11.6 Å². The number of hydrogen-bond acceptors (Lipinski definition) is 1. The molecule has 0 aliphatic rings. The van der Waals surface area contributed by atoms with E-state index in [9.17, 15) is 5.11 Å². The molecule has 0 bridgehead atoms. The van der Waals surface area contributed by atoms with Crippen molar-refractivity contribution in [1.82, 2.24) is 0 Å². The minimum absolute atomic E-state index is 0.415. The average molecular weight is 275 g/mol. The maximum atomic E-state index is 11.1. The van der Waals surface area contributed by atoms with E-state index in [4.69, 9.17) is 11.6 Å². The molecule has 0 aromatic heterocycles. The number of benzene rings is 2. The van der Waals surface area contributed by atoms with Gasteiger partial charge in [-0.15, -0.1) is 11.6 Å². The summed E-state index contributed by atoms with van der Waals surface area (Å²) >= 11 is 5.91. The summed E-state index contributed by atoms with van der Waals surface area (Å²) in [6.07, 6.45) is 0.502. The average Bonchev–Trinajstić information content (AvgIpc) is 2.39. The van der Waals surface area contributed by atoms with E-state index >= 15 is 0 Å². The molecule has 0 fully saturated rings. The van der Waals surface area contributed by atoms with Crippen molar-refractivity contribution in [3.05, 3.63) is 70.8 Å². The summed E-state index contributed by atoms with van der Waals surface area (Å²) in [6, 6.07) is 15.9. The second-order valence-electron chi connectivity index (χ2n) is 4.98. The van der Waals surface area contributed by atoms with Gasteiger partial charge in [-0.25, -0.2) is 0 Å². The molecule has 100 valence electrons. The van der Waals surface area contributed by atoms with E-state index in [0.717, 1.165) is 16.7 Å². The van der Waals surface area contributed by atoms with Crippen LogP contribution in [0.2, 0.25) is 0 Å². The molecule has 0 aliphatic carbocycles. The molecule has 2 rings (SSSR count). The molecule has 0 radical (unpaired) electrons. The maximum Gasteiger partial charge on any atom is 0.116 e. The summed E-state index contributed by atoms with van der Waals surface area (Å²) in [5, 5.41) is 11.1. The highest BCUT2D eigenvalue weighted by Crippen LogP contribution is 2.35. The van der Waals surface area contributed by atoms with Gasteiger partial charge >= 0.3 is 0 Å². The lowest BCUT2D eigenvalue weighted by Crippen LogP contribution is -2.29. The Morgan fingerprint density at radius 2 is 1.74 bits per heavy atom. The van der Waals surface area contributed by atoms with Crippen molar-refractivity contribution in [1.29, 1.82) is 0 Å². The topological polar surface area (TPSA) is 20.2 Å². The molecule has 1 unspecified atom stereocenters. The Morgan fingerprint density at radius 1 is 1.05 bits per heavy atom. The predicted octanol–water partition coefficient (Wildman–Crippen LogP) is 4.17. The summed E-state index contributed by atoms with van der Waals surface area (Å²) in [7, 11) is 0. The molecule has 0 saturated carbocycles. The molecular weight excluding hydrogens is 256 g/mol. The van der Waals surface area contributed by atoms with Crippen molar-refractivity contribution in [2.75, 3.05) is 5.88 Å². The first-order valence-electron chi connectivity index (χ1n) is 6.49. The SMILES string of the molecule is Cc1ccc(C(O)(CCCl)c2ccccc2)c(C)c1. The first-order chi connectivity index (χ1) is 9.08. The Hall–Kier alpha value is -1.31. The van der Waals surface area contributed by atoms with Crippen LogP contribution in [0.5, 0.6) is 0 Å². The van der Waals surface area contributed by atoms with Gasteiger partial charge in [0.25, 0.3) is 0 Å². The highest BCUT2D eigenvalue weighted by atomic mass is 35.5. The normalized spacial score (nSPS) is 14.1. The van der Waals surface area contributed by atoms with Crippen LogP contribution in [0.3, 0.4) is 0 Å². The van der Waals surface area contributed by atoms with Gasteiger partial charge in [0.2, 0.25) is 0 Å². The van der Waals surface area contributed by atoms with Crippen LogP contribution in [0.1, 0.15) is 28.7 Å². The largest absolute Gasteiger partial charge is 0.380 e. The zero-order valence-corrected chi connectivity index (χ0v) is 12.1. The van der Waals surface area contributed by atoms with E-state index in [1.54, 1.807) is 0 Å². The number of aliphatic hydroxyl groups is 1. The summed E-state index contributed by atoms with van der Waals surface area (Å²) < 4.78 is 0. The van der Waals surface area contributed by atoms with Crippen LogP contribution in [0, 0.1) is 13.8 Å². The number of rotatable bonds is 4. The minimum atomic E-state index is -1.01. The van der Waals surface area contributed by atoms with Gasteiger partial charge in [0.1, 0.15) is 5.60 Å². The van der Waals surface area contributed by atoms with Gasteiger partial charge in [-0.1, -0.05) is 54.1 Å². The number of alkyl halides is 1. The highest BCUT2D eigenvalue weighted by Gasteiger charge is 2.32. The van der Waals surface area contributed by atoms with E-state index < -0.39 is 5.60 Å². The molecule has 1 nitrogen and oxygen atoms in total. The zero-order valence-electron chi connectivity index (χ0n) is 11.4. The van der Waals surface area contributed by atoms with Gasteiger partial charge in [-0.2, -0.15) is 0 Å². The summed E-state index contributed by atoms with van der Waals surface area (Å²) in [6.45, 7) is 4.09. The van der Waals surface area contributed by atoms with Gasteiger partial charge < -0.3 is 5.11 Å². The molecule has 2 aromatic carbocycles. The summed E-state index contributed by atoms with van der Waals surface area (Å²) in [5.74, 6) is 0.415. The van der Waals surface area contributed by atoms with Crippen molar-refractivity contribution in [3.63, 3.8) is 0 Å². The Bertz CT molecular complexity index is 550. The molecule has 2 heteroatoms. The van der Waals surface area contributed by atoms with Crippen LogP contribution in [-0.4, -0.2) is 11.0 Å². The standard InChI is InChI=1S/C17H19ClO/c1-13-8-9-16(14(2)12-13)17(19,10-11-18)15-6-4-3-5-7-15/h3-9,12,19H,10-11H2,1-2H3. The quantitative estimate of drug-likeness (QED) is 0.830. The second-order valence-corrected chi connectivity index (χ2v) is 5.36. The highest BCUT2D eigenvalue weighted by molar-refractivity contribution is 6.17. The molecule has 1 N–H and O–H groups in total. The third kappa shape index (κ3) is 2.83. The first kappa shape index (κ1) is 14.1. The smallest absolute Gasteiger partial charge is 0.116 e. The van der Waals surface area contributed by atoms with Crippen LogP contribution in [0.25, 0.3) is 0 Å². The van der Waals surface area contributed by atoms with Crippen LogP contribution in [0.15, 0.2) is 48.5 Å². The molecule has 0 spiro atoms. The van der Waals surface area contributed by atoms with Gasteiger partial charge in [0.15, 0.2) is 0 Å². The molecule has 0 aliphatic heterocycles. The fourth-order valence-electron chi connectivity index (χ4n) is 2.56. The van der Waals surface area contributed by atoms with Crippen LogP contribution in [0.4, 0.5) is 0 Å². The number of aryl methyl sites for hydroxylation is 2. The van der Waals surface area contributed by atoms with Crippen LogP contribution in [-0.2, 0) is 5.60 Å². The van der Waals surface area contributed by atoms with Crippen LogP contribution < -0.4 is 0 Å². The lowest BCUT2D eigenvalue weighted by atomic mass is 9.81. The van der Waals surface area contributed by atoms with Crippen molar-refractivity contribution in [2.45, 2.75) is 25.9 Å². The predicted molar refractivity (Wildman–Crippen MR) is 80.7 cm³/mol. The zero-order chi connectivity index (χ0) is 13.9. The molecule has 0 amide bonds. The third-order valence-corrected chi connectivity index (χ3v) is 3.72. The van der Waals surface area contributed by atoms with Crippen molar-refractivity contribution < 1.29 is 5.11 Å².